The van der Waals surface area contributed by atoms with E-state index in [1.165, 1.54) is 25.0 Å². The summed E-state index contributed by atoms with van der Waals surface area (Å²) in [4.78, 5) is 25.7. The average Bonchev–Trinajstić information content (AvgIpc) is 3.00. The van der Waals surface area contributed by atoms with Gasteiger partial charge in [-0.25, -0.2) is 4.68 Å². The van der Waals surface area contributed by atoms with Crippen molar-refractivity contribution in [3.05, 3.63) is 75.7 Å². The van der Waals surface area contributed by atoms with E-state index in [1.807, 2.05) is 24.3 Å². The van der Waals surface area contributed by atoms with Gasteiger partial charge in [-0.05, 0) is 42.8 Å². The molecule has 0 aliphatic carbocycles. The van der Waals surface area contributed by atoms with Crippen LogP contribution in [0, 0.1) is 18.3 Å². The normalized spacial score (nSPS) is 11.0. The molecule has 3 aromatic rings. The number of anilines is 1. The Labute approximate surface area is 179 Å². The molecule has 1 N–H and O–H groups in total. The van der Waals surface area contributed by atoms with Gasteiger partial charge in [0.15, 0.2) is 11.5 Å². The minimum atomic E-state index is -0.678. The van der Waals surface area contributed by atoms with Crippen molar-refractivity contribution in [2.75, 3.05) is 19.5 Å². The summed E-state index contributed by atoms with van der Waals surface area (Å²) in [5.74, 6) is 0.325. The fourth-order valence-electron chi connectivity index (χ4n) is 3.15. The molecule has 3 rings (SSSR count). The highest BCUT2D eigenvalue weighted by Gasteiger charge is 2.20. The van der Waals surface area contributed by atoms with Crippen molar-refractivity contribution in [3.63, 3.8) is 0 Å². The summed E-state index contributed by atoms with van der Waals surface area (Å²) in [5, 5.41) is 12.1. The van der Waals surface area contributed by atoms with Gasteiger partial charge >= 0.3 is 0 Å². The van der Waals surface area contributed by atoms with Crippen molar-refractivity contribution in [3.8, 4) is 23.3 Å². The maximum atomic E-state index is 13.0. The van der Waals surface area contributed by atoms with Crippen molar-refractivity contribution >= 4 is 17.7 Å². The topological polar surface area (TPSA) is 98.3 Å². The third kappa shape index (κ3) is 4.21. The number of nitrogens with zero attached hydrogens (tertiary/aromatic N) is 3. The Kier molecular flexibility index (Phi) is 6.26. The molecule has 0 radical (unpaired) electrons. The van der Waals surface area contributed by atoms with Crippen LogP contribution in [-0.4, -0.2) is 29.5 Å². The number of benzene rings is 2. The third-order valence-electron chi connectivity index (χ3n) is 4.88. The molecular formula is C23H22N4O4. The van der Waals surface area contributed by atoms with Gasteiger partial charge < -0.3 is 14.8 Å². The second kappa shape index (κ2) is 9.05. The molecule has 0 fully saturated rings. The number of nitriles is 1. The lowest BCUT2D eigenvalue weighted by Gasteiger charge is -2.08. The summed E-state index contributed by atoms with van der Waals surface area (Å²) >= 11 is 0. The van der Waals surface area contributed by atoms with Crippen molar-refractivity contribution in [2.24, 2.45) is 7.05 Å². The minimum Gasteiger partial charge on any atom is -0.493 e. The quantitative estimate of drug-likeness (QED) is 0.490. The minimum absolute atomic E-state index is 0.116. The number of ether oxygens (including phenoxy) is 2. The molecule has 0 atom stereocenters. The number of rotatable bonds is 6. The Morgan fingerprint density at radius 3 is 2.39 bits per heavy atom. The Morgan fingerprint density at radius 2 is 1.77 bits per heavy atom. The maximum Gasteiger partial charge on any atom is 0.295 e. The van der Waals surface area contributed by atoms with E-state index >= 15 is 0 Å². The molecule has 0 unspecified atom stereocenters. The maximum absolute atomic E-state index is 13.0. The summed E-state index contributed by atoms with van der Waals surface area (Å²) in [5.41, 5.74) is 1.38. The summed E-state index contributed by atoms with van der Waals surface area (Å²) in [6.45, 7) is 1.72. The second-order valence-electron chi connectivity index (χ2n) is 6.67. The van der Waals surface area contributed by atoms with Crippen molar-refractivity contribution in [1.82, 2.24) is 9.36 Å². The predicted molar refractivity (Wildman–Crippen MR) is 118 cm³/mol. The summed E-state index contributed by atoms with van der Waals surface area (Å²) < 4.78 is 13.6. The molecule has 0 aliphatic heterocycles. The molecule has 158 valence electrons. The number of carbonyl (C=O) groups is 1. The SMILES string of the molecule is COc1ccc(C=C(C#N)C(=O)Nc2c(C)n(C)n(-c3ccccc3)c2=O)cc1OC. The molecule has 2 aromatic carbocycles. The average molecular weight is 418 g/mol. The van der Waals surface area contributed by atoms with Gasteiger partial charge in [-0.1, -0.05) is 24.3 Å². The van der Waals surface area contributed by atoms with Crippen molar-refractivity contribution in [2.45, 2.75) is 6.92 Å². The van der Waals surface area contributed by atoms with E-state index in [2.05, 4.69) is 5.32 Å². The van der Waals surface area contributed by atoms with Gasteiger partial charge in [0.25, 0.3) is 11.5 Å². The van der Waals surface area contributed by atoms with E-state index in [0.717, 1.165) is 0 Å². The largest absolute Gasteiger partial charge is 0.493 e. The molecule has 8 nitrogen and oxygen atoms in total. The number of aromatic nitrogens is 2. The first-order valence-electron chi connectivity index (χ1n) is 9.40. The zero-order chi connectivity index (χ0) is 22.5. The van der Waals surface area contributed by atoms with Gasteiger partial charge in [0.2, 0.25) is 0 Å². The number of hydrogen-bond acceptors (Lipinski definition) is 5. The number of nitrogens with one attached hydrogen (secondary N) is 1. The van der Waals surface area contributed by atoms with Gasteiger partial charge in [-0.15, -0.1) is 0 Å². The van der Waals surface area contributed by atoms with E-state index < -0.39 is 5.91 Å². The Balaban J connectivity index is 1.95. The fraction of sp³-hybridized carbons (Fsp3) is 0.174. The van der Waals surface area contributed by atoms with Gasteiger partial charge in [-0.3, -0.25) is 14.3 Å². The van der Waals surface area contributed by atoms with Gasteiger partial charge in [0.1, 0.15) is 17.3 Å². The molecular weight excluding hydrogens is 396 g/mol. The molecule has 1 heterocycles. The van der Waals surface area contributed by atoms with Crippen LogP contribution in [-0.2, 0) is 11.8 Å². The van der Waals surface area contributed by atoms with E-state index in [9.17, 15) is 14.9 Å². The summed E-state index contributed by atoms with van der Waals surface area (Å²) in [6, 6.07) is 16.0. The lowest BCUT2D eigenvalue weighted by atomic mass is 10.1. The van der Waals surface area contributed by atoms with E-state index in [-0.39, 0.29) is 16.8 Å². The Hall–Kier alpha value is -4.25. The van der Waals surface area contributed by atoms with Crippen LogP contribution in [0.2, 0.25) is 0 Å². The molecule has 0 saturated carbocycles. The molecule has 8 heteroatoms. The van der Waals surface area contributed by atoms with Crippen molar-refractivity contribution < 1.29 is 14.3 Å². The lowest BCUT2D eigenvalue weighted by Crippen LogP contribution is -2.23. The van der Waals surface area contributed by atoms with E-state index in [1.54, 1.807) is 49.0 Å². The molecule has 0 spiro atoms. The van der Waals surface area contributed by atoms with Crippen LogP contribution in [0.5, 0.6) is 11.5 Å². The fourth-order valence-corrected chi connectivity index (χ4v) is 3.15. The Bertz CT molecular complexity index is 1250. The number of methoxy groups -OCH3 is 2. The first-order chi connectivity index (χ1) is 14.9. The van der Waals surface area contributed by atoms with Crippen LogP contribution in [0.15, 0.2) is 58.9 Å². The van der Waals surface area contributed by atoms with E-state index in [4.69, 9.17) is 9.47 Å². The molecule has 1 amide bonds. The highest BCUT2D eigenvalue weighted by atomic mass is 16.5. The first-order valence-corrected chi connectivity index (χ1v) is 9.40. The zero-order valence-electron chi connectivity index (χ0n) is 17.7. The van der Waals surface area contributed by atoms with Crippen LogP contribution in [0.1, 0.15) is 11.3 Å². The van der Waals surface area contributed by atoms with Crippen LogP contribution in [0.4, 0.5) is 5.69 Å². The Morgan fingerprint density at radius 1 is 1.10 bits per heavy atom. The van der Waals surface area contributed by atoms with Crippen LogP contribution in [0.25, 0.3) is 11.8 Å². The summed E-state index contributed by atoms with van der Waals surface area (Å²) in [7, 11) is 4.75. The number of para-hydroxylation sites is 1. The van der Waals surface area contributed by atoms with Crippen molar-refractivity contribution in [1.29, 1.82) is 5.26 Å². The molecule has 31 heavy (non-hydrogen) atoms. The molecule has 0 bridgehead atoms. The van der Waals surface area contributed by atoms with Crippen LogP contribution < -0.4 is 20.3 Å². The number of amides is 1. The lowest BCUT2D eigenvalue weighted by molar-refractivity contribution is -0.112. The zero-order valence-corrected chi connectivity index (χ0v) is 17.7. The van der Waals surface area contributed by atoms with Crippen LogP contribution >= 0.6 is 0 Å². The van der Waals surface area contributed by atoms with Gasteiger partial charge in [0.05, 0.1) is 25.6 Å². The third-order valence-corrected chi connectivity index (χ3v) is 4.88. The number of carbonyl (C=O) groups excluding carboxylic acids is 1. The molecule has 0 aliphatic rings. The second-order valence-corrected chi connectivity index (χ2v) is 6.67. The summed E-state index contributed by atoms with van der Waals surface area (Å²) in [6.07, 6.45) is 1.42. The van der Waals surface area contributed by atoms with Crippen LogP contribution in [0.3, 0.4) is 0 Å². The highest BCUT2D eigenvalue weighted by molar-refractivity contribution is 6.09. The van der Waals surface area contributed by atoms with Gasteiger partial charge in [0, 0.05) is 7.05 Å². The molecule has 0 saturated heterocycles. The standard InChI is InChI=1S/C23H22N4O4/c1-15-21(23(29)27(26(15)2)18-8-6-5-7-9-18)25-22(28)17(14-24)12-16-10-11-19(30-3)20(13-16)31-4/h5-13H,1-4H3,(H,25,28). The first kappa shape index (κ1) is 21.5. The monoisotopic (exact) mass is 418 g/mol. The van der Waals surface area contributed by atoms with Gasteiger partial charge in [-0.2, -0.15) is 5.26 Å². The molecule has 1 aromatic heterocycles. The highest BCUT2D eigenvalue weighted by Crippen LogP contribution is 2.28. The smallest absolute Gasteiger partial charge is 0.295 e. The van der Waals surface area contributed by atoms with E-state index in [0.29, 0.717) is 28.4 Å². The number of hydrogen-bond donors (Lipinski definition) is 1. The predicted octanol–water partition coefficient (Wildman–Crippen LogP) is 3.05.